The fourth-order valence-electron chi connectivity index (χ4n) is 2.78. The summed E-state index contributed by atoms with van der Waals surface area (Å²) in [5.74, 6) is 0.426. The van der Waals surface area contributed by atoms with Crippen molar-refractivity contribution in [1.29, 1.82) is 0 Å². The quantitative estimate of drug-likeness (QED) is 0.846. The van der Waals surface area contributed by atoms with Crippen LogP contribution in [0.15, 0.2) is 6.07 Å². The van der Waals surface area contributed by atoms with Crippen LogP contribution in [0.1, 0.15) is 41.8 Å². The second-order valence-corrected chi connectivity index (χ2v) is 5.74. The predicted molar refractivity (Wildman–Crippen MR) is 78.2 cm³/mol. The molecule has 2 atom stereocenters. The number of hydrogen-bond acceptors (Lipinski definition) is 5. The summed E-state index contributed by atoms with van der Waals surface area (Å²) in [6, 6.07) is 2.51. The average Bonchev–Trinajstić information content (AvgIpc) is 2.83. The number of piperidine rings is 1. The molecule has 1 saturated heterocycles. The summed E-state index contributed by atoms with van der Waals surface area (Å²) in [6.07, 6.45) is 1.86. The third-order valence-corrected chi connectivity index (χ3v) is 3.78. The lowest BCUT2D eigenvalue weighted by molar-refractivity contribution is 0.0915. The van der Waals surface area contributed by atoms with E-state index in [1.165, 1.54) is 0 Å². The molecule has 0 radical (unpaired) electrons. The van der Waals surface area contributed by atoms with Gasteiger partial charge in [0.1, 0.15) is 0 Å². The third-order valence-electron chi connectivity index (χ3n) is 3.78. The summed E-state index contributed by atoms with van der Waals surface area (Å²) in [5, 5.41) is 10.6. The monoisotopic (exact) mass is 288 g/mol. The first kappa shape index (κ1) is 13.9. The molecule has 0 saturated carbocycles. The standard InChI is InChI=1S/C14H20N6O/c1-8-7-11(4-5-15-8)17-13(21)12-18-14-16-9(2)6-10(3)20(14)19-12/h6,8,11,15H,4-5,7H2,1-3H3,(H,17,21). The summed E-state index contributed by atoms with van der Waals surface area (Å²) < 4.78 is 1.60. The van der Waals surface area contributed by atoms with Gasteiger partial charge in [0.05, 0.1) is 0 Å². The first-order valence-corrected chi connectivity index (χ1v) is 7.28. The second-order valence-electron chi connectivity index (χ2n) is 5.74. The van der Waals surface area contributed by atoms with Gasteiger partial charge in [0.15, 0.2) is 0 Å². The van der Waals surface area contributed by atoms with Crippen molar-refractivity contribution >= 4 is 11.7 Å². The van der Waals surface area contributed by atoms with Crippen LogP contribution in [0.4, 0.5) is 0 Å². The first-order valence-electron chi connectivity index (χ1n) is 7.28. The molecule has 2 aromatic rings. The van der Waals surface area contributed by atoms with E-state index in [4.69, 9.17) is 0 Å². The maximum absolute atomic E-state index is 12.3. The summed E-state index contributed by atoms with van der Waals surface area (Å²) in [5.41, 5.74) is 1.78. The van der Waals surface area contributed by atoms with E-state index in [9.17, 15) is 4.79 Å². The van der Waals surface area contributed by atoms with E-state index in [2.05, 4.69) is 32.6 Å². The van der Waals surface area contributed by atoms with Crippen molar-refractivity contribution in [1.82, 2.24) is 30.2 Å². The van der Waals surface area contributed by atoms with Crippen LogP contribution in [0.25, 0.3) is 5.78 Å². The van der Waals surface area contributed by atoms with Gasteiger partial charge >= 0.3 is 0 Å². The number of aryl methyl sites for hydroxylation is 2. The van der Waals surface area contributed by atoms with Crippen LogP contribution in [0.5, 0.6) is 0 Å². The van der Waals surface area contributed by atoms with Crippen molar-refractivity contribution in [2.75, 3.05) is 6.54 Å². The number of carbonyl (C=O) groups is 1. The van der Waals surface area contributed by atoms with Crippen molar-refractivity contribution in [2.24, 2.45) is 0 Å². The molecule has 7 heteroatoms. The molecule has 2 aromatic heterocycles. The smallest absolute Gasteiger partial charge is 0.291 e. The van der Waals surface area contributed by atoms with Crippen molar-refractivity contribution < 1.29 is 4.79 Å². The molecular weight excluding hydrogens is 268 g/mol. The molecule has 0 spiro atoms. The number of hydrogen-bond donors (Lipinski definition) is 2. The summed E-state index contributed by atoms with van der Waals surface area (Å²) >= 11 is 0. The maximum atomic E-state index is 12.3. The van der Waals surface area contributed by atoms with Crippen LogP contribution < -0.4 is 10.6 Å². The number of nitrogens with zero attached hydrogens (tertiary/aromatic N) is 4. The van der Waals surface area contributed by atoms with Crippen molar-refractivity contribution in [3.05, 3.63) is 23.3 Å². The highest BCUT2D eigenvalue weighted by Crippen LogP contribution is 2.10. The molecule has 0 aliphatic carbocycles. The highest BCUT2D eigenvalue weighted by atomic mass is 16.2. The van der Waals surface area contributed by atoms with Crippen LogP contribution in [0.2, 0.25) is 0 Å². The van der Waals surface area contributed by atoms with Crippen molar-refractivity contribution in [2.45, 2.75) is 45.7 Å². The molecule has 0 bridgehead atoms. The number of nitrogens with one attached hydrogen (secondary N) is 2. The van der Waals surface area contributed by atoms with Gasteiger partial charge in [-0.2, -0.15) is 4.98 Å². The molecule has 0 aromatic carbocycles. The minimum atomic E-state index is -0.225. The first-order chi connectivity index (χ1) is 10.0. The highest BCUT2D eigenvalue weighted by Gasteiger charge is 2.22. The molecule has 1 aliphatic heterocycles. The topological polar surface area (TPSA) is 84.2 Å². The SMILES string of the molecule is Cc1cc(C)n2nc(C(=O)NC3CCNC(C)C3)nc2n1. The number of rotatable bonds is 2. The summed E-state index contributed by atoms with van der Waals surface area (Å²) in [7, 11) is 0. The van der Waals surface area contributed by atoms with Gasteiger partial charge in [-0.3, -0.25) is 4.79 Å². The van der Waals surface area contributed by atoms with Gasteiger partial charge in [0.2, 0.25) is 5.82 Å². The Labute approximate surface area is 123 Å². The second kappa shape index (κ2) is 5.40. The molecular formula is C14H20N6O. The van der Waals surface area contributed by atoms with E-state index in [1.807, 2.05) is 19.9 Å². The third kappa shape index (κ3) is 2.87. The van der Waals surface area contributed by atoms with Crippen LogP contribution in [0, 0.1) is 13.8 Å². The zero-order chi connectivity index (χ0) is 15.0. The van der Waals surface area contributed by atoms with Gasteiger partial charge in [-0.15, -0.1) is 5.10 Å². The number of fused-ring (bicyclic) bond motifs is 1. The fourth-order valence-corrected chi connectivity index (χ4v) is 2.78. The van der Waals surface area contributed by atoms with Gasteiger partial charge in [-0.1, -0.05) is 0 Å². The van der Waals surface area contributed by atoms with Crippen LogP contribution in [0.3, 0.4) is 0 Å². The minimum Gasteiger partial charge on any atom is -0.346 e. The Kier molecular flexibility index (Phi) is 3.59. The van der Waals surface area contributed by atoms with E-state index in [0.717, 1.165) is 30.8 Å². The van der Waals surface area contributed by atoms with E-state index >= 15 is 0 Å². The van der Waals surface area contributed by atoms with Crippen LogP contribution in [-0.2, 0) is 0 Å². The maximum Gasteiger partial charge on any atom is 0.291 e. The molecule has 21 heavy (non-hydrogen) atoms. The zero-order valence-corrected chi connectivity index (χ0v) is 12.6. The molecule has 3 rings (SSSR count). The molecule has 112 valence electrons. The molecule has 1 aliphatic rings. The van der Waals surface area contributed by atoms with E-state index in [1.54, 1.807) is 4.52 Å². The molecule has 3 heterocycles. The number of amides is 1. The Hall–Kier alpha value is -2.02. The van der Waals surface area contributed by atoms with Gasteiger partial charge in [0.25, 0.3) is 11.7 Å². The normalized spacial score (nSPS) is 22.4. The van der Waals surface area contributed by atoms with Crippen molar-refractivity contribution in [3.63, 3.8) is 0 Å². The van der Waals surface area contributed by atoms with Crippen LogP contribution >= 0.6 is 0 Å². The largest absolute Gasteiger partial charge is 0.346 e. The average molecular weight is 288 g/mol. The lowest BCUT2D eigenvalue weighted by atomic mass is 10.0. The van der Waals surface area contributed by atoms with E-state index in [0.29, 0.717) is 11.8 Å². The molecule has 1 amide bonds. The van der Waals surface area contributed by atoms with E-state index < -0.39 is 0 Å². The Morgan fingerprint density at radius 1 is 1.43 bits per heavy atom. The van der Waals surface area contributed by atoms with E-state index in [-0.39, 0.29) is 17.8 Å². The number of carbonyl (C=O) groups excluding carboxylic acids is 1. The summed E-state index contributed by atoms with van der Waals surface area (Å²) in [4.78, 5) is 20.8. The Bertz CT molecular complexity index is 679. The lowest BCUT2D eigenvalue weighted by Gasteiger charge is -2.28. The van der Waals surface area contributed by atoms with Gasteiger partial charge in [-0.05, 0) is 46.2 Å². The van der Waals surface area contributed by atoms with Crippen molar-refractivity contribution in [3.8, 4) is 0 Å². The van der Waals surface area contributed by atoms with Gasteiger partial charge in [0, 0.05) is 23.5 Å². The van der Waals surface area contributed by atoms with Crippen LogP contribution in [-0.4, -0.2) is 44.1 Å². The molecule has 1 fully saturated rings. The highest BCUT2D eigenvalue weighted by molar-refractivity contribution is 5.91. The van der Waals surface area contributed by atoms with Gasteiger partial charge < -0.3 is 10.6 Å². The fraction of sp³-hybridized carbons (Fsp3) is 0.571. The molecule has 2 unspecified atom stereocenters. The Balaban J connectivity index is 1.80. The predicted octanol–water partition coefficient (Wildman–Crippen LogP) is 0.611. The minimum absolute atomic E-state index is 0.177. The lowest BCUT2D eigenvalue weighted by Crippen LogP contribution is -2.46. The Morgan fingerprint density at radius 3 is 3.00 bits per heavy atom. The Morgan fingerprint density at radius 2 is 2.24 bits per heavy atom. The zero-order valence-electron chi connectivity index (χ0n) is 12.6. The van der Waals surface area contributed by atoms with Gasteiger partial charge in [-0.25, -0.2) is 9.50 Å². The molecule has 7 nitrogen and oxygen atoms in total. The molecule has 2 N–H and O–H groups in total. The number of aromatic nitrogens is 4. The summed E-state index contributed by atoms with van der Waals surface area (Å²) in [6.45, 7) is 6.87.